The Kier molecular flexibility index (Phi) is 9.02. The molecule has 0 saturated heterocycles. The van der Waals surface area contributed by atoms with E-state index in [1.165, 1.54) is 44.2 Å². The Hall–Kier alpha value is -3.32. The van der Waals surface area contributed by atoms with Crippen LogP contribution in [0.3, 0.4) is 0 Å². The molecule has 1 unspecified atom stereocenters. The van der Waals surface area contributed by atoms with E-state index in [0.717, 1.165) is 103 Å². The van der Waals surface area contributed by atoms with Crippen LogP contribution in [0.25, 0.3) is 22.2 Å². The van der Waals surface area contributed by atoms with Gasteiger partial charge in [-0.25, -0.2) is 4.39 Å². The Labute approximate surface area is 295 Å². The van der Waals surface area contributed by atoms with Crippen LogP contribution in [0.15, 0.2) is 36.4 Å². The summed E-state index contributed by atoms with van der Waals surface area (Å²) in [6, 6.07) is 11.0. The Balaban J connectivity index is 0.793. The molecule has 0 spiro atoms. The first kappa shape index (κ1) is 33.8. The van der Waals surface area contributed by atoms with Gasteiger partial charge in [-0.2, -0.15) is 0 Å². The average molecular weight is 681 g/mol. The van der Waals surface area contributed by atoms with Gasteiger partial charge in [-0.3, -0.25) is 14.4 Å². The number of benzene rings is 2. The van der Waals surface area contributed by atoms with Gasteiger partial charge in [0.15, 0.2) is 5.78 Å². The molecule has 0 bridgehead atoms. The highest BCUT2D eigenvalue weighted by atomic mass is 19.1. The second kappa shape index (κ2) is 13.3. The molecule has 3 aromatic rings. The first-order valence-corrected chi connectivity index (χ1v) is 19.5. The molecule has 5 aliphatic rings. The van der Waals surface area contributed by atoms with E-state index >= 15 is 0 Å². The van der Waals surface area contributed by atoms with Crippen molar-refractivity contribution in [1.29, 1.82) is 0 Å². The van der Waals surface area contributed by atoms with Gasteiger partial charge in [-0.1, -0.05) is 38.1 Å². The number of carbonyl (C=O) groups excluding carboxylic acids is 3. The van der Waals surface area contributed by atoms with E-state index in [1.54, 1.807) is 0 Å². The molecule has 1 amide bonds. The molecular weight excluding hydrogens is 627 g/mol. The van der Waals surface area contributed by atoms with Gasteiger partial charge >= 0.3 is 0 Å². The lowest BCUT2D eigenvalue weighted by atomic mass is 9.45. The molecule has 6 nitrogen and oxygen atoms in total. The summed E-state index contributed by atoms with van der Waals surface area (Å²) < 4.78 is 20.9. The van der Waals surface area contributed by atoms with Crippen molar-refractivity contribution in [2.45, 2.75) is 123 Å². The Morgan fingerprint density at radius 3 is 2.60 bits per heavy atom. The third-order valence-corrected chi connectivity index (χ3v) is 14.3. The zero-order valence-electron chi connectivity index (χ0n) is 29.9. The Morgan fingerprint density at radius 1 is 0.940 bits per heavy atom. The molecule has 4 fully saturated rings. The largest absolute Gasteiger partial charge is 0.378 e. The summed E-state index contributed by atoms with van der Waals surface area (Å²) in [6.07, 6.45) is 14.7. The highest BCUT2D eigenvalue weighted by Crippen LogP contribution is 2.66. The number of hydrogen-bond donors (Lipinski definition) is 2. The van der Waals surface area contributed by atoms with Crippen molar-refractivity contribution in [3.05, 3.63) is 58.9 Å². The Bertz CT molecular complexity index is 1800. The molecule has 266 valence electrons. The summed E-state index contributed by atoms with van der Waals surface area (Å²) in [5, 5.41) is 3.93. The van der Waals surface area contributed by atoms with E-state index in [2.05, 4.69) is 24.1 Å². The molecule has 0 radical (unpaired) electrons. The number of amides is 1. The summed E-state index contributed by atoms with van der Waals surface area (Å²) in [7, 11) is 0. The molecule has 2 N–H and O–H groups in total. The predicted molar refractivity (Wildman–Crippen MR) is 193 cm³/mol. The standard InChI is InChI=1S/C43H53FN2O4/c1-42-19-17-30(47)22-28(42)13-14-31-34-15-16-38(43(34,2)20-18-35(31)42)50-21-4-3-8-39(49)45-25-26-9-11-27(12-10-26)41-32-6-5-7-37(48)33-23-29(44)24-36(46-41)40(32)33/h9-12,23-24,28,31,34-35,38,46H,3-8,13-22,25H2,1-2H3,(H,45,49)/t28-,31-,34-,35-,38?,42-,43-/m0/s1. The number of ether oxygens (including phenoxy) is 1. The van der Waals surface area contributed by atoms with Gasteiger partial charge in [0.2, 0.25) is 5.91 Å². The lowest BCUT2D eigenvalue weighted by molar-refractivity contribution is -0.145. The minimum Gasteiger partial charge on any atom is -0.378 e. The SMILES string of the molecule is C[C@]12CCC(=O)C[C@@H]1CC[C@@H]1[C@@H]2CC[C@]2(C)C(OCCCCC(=O)NCc3ccc(-c4[nH]c5cc(F)cc6c5c4CCCC6=O)cc3)CC[C@@H]12. The van der Waals surface area contributed by atoms with Crippen LogP contribution in [-0.2, 0) is 27.3 Å². The Morgan fingerprint density at radius 2 is 1.76 bits per heavy atom. The molecule has 5 aliphatic carbocycles. The van der Waals surface area contributed by atoms with E-state index < -0.39 is 5.82 Å². The fourth-order valence-electron chi connectivity index (χ4n) is 11.6. The fraction of sp³-hybridized carbons (Fsp3) is 0.605. The number of halogens is 1. The topological polar surface area (TPSA) is 88.3 Å². The number of H-pyrrole nitrogens is 1. The minimum atomic E-state index is -0.396. The zero-order chi connectivity index (χ0) is 34.6. The lowest BCUT2D eigenvalue weighted by Crippen LogP contribution is -2.54. The zero-order valence-corrected chi connectivity index (χ0v) is 29.9. The van der Waals surface area contributed by atoms with E-state index in [-0.39, 0.29) is 17.1 Å². The van der Waals surface area contributed by atoms with Gasteiger partial charge in [-0.05, 0) is 134 Å². The van der Waals surface area contributed by atoms with Crippen LogP contribution in [-0.4, -0.2) is 35.2 Å². The van der Waals surface area contributed by atoms with Gasteiger partial charge in [0, 0.05) is 61.0 Å². The van der Waals surface area contributed by atoms with E-state index in [9.17, 15) is 18.8 Å². The molecule has 0 aliphatic heterocycles. The highest BCUT2D eigenvalue weighted by molar-refractivity contribution is 6.11. The van der Waals surface area contributed by atoms with Gasteiger partial charge in [0.05, 0.1) is 6.10 Å². The van der Waals surface area contributed by atoms with Crippen LogP contribution in [0.1, 0.15) is 125 Å². The third kappa shape index (κ3) is 5.95. The molecule has 8 rings (SSSR count). The van der Waals surface area contributed by atoms with Crippen molar-refractivity contribution >= 4 is 28.4 Å². The second-order valence-corrected chi connectivity index (χ2v) is 16.9. The molecule has 1 aromatic heterocycles. The van der Waals surface area contributed by atoms with Crippen LogP contribution in [0.4, 0.5) is 4.39 Å². The molecule has 1 heterocycles. The van der Waals surface area contributed by atoms with E-state index in [0.29, 0.717) is 53.7 Å². The van der Waals surface area contributed by atoms with Crippen LogP contribution in [0.5, 0.6) is 0 Å². The van der Waals surface area contributed by atoms with Crippen molar-refractivity contribution in [3.8, 4) is 11.3 Å². The number of ketones is 2. The number of aromatic amines is 1. The maximum absolute atomic E-state index is 14.3. The normalized spacial score (nSPS) is 31.9. The number of hydrogen-bond acceptors (Lipinski definition) is 4. The second-order valence-electron chi connectivity index (χ2n) is 16.9. The van der Waals surface area contributed by atoms with Crippen LogP contribution in [0.2, 0.25) is 0 Å². The molecule has 4 saturated carbocycles. The summed E-state index contributed by atoms with van der Waals surface area (Å²) in [6.45, 7) is 6.21. The van der Waals surface area contributed by atoms with Crippen LogP contribution < -0.4 is 5.32 Å². The lowest BCUT2D eigenvalue weighted by Gasteiger charge is -2.60. The first-order chi connectivity index (χ1) is 24.1. The van der Waals surface area contributed by atoms with Crippen molar-refractivity contribution < 1.29 is 23.5 Å². The summed E-state index contributed by atoms with van der Waals surface area (Å²) in [4.78, 5) is 41.0. The minimum absolute atomic E-state index is 0.00324. The smallest absolute Gasteiger partial charge is 0.220 e. The van der Waals surface area contributed by atoms with Crippen LogP contribution in [0, 0.1) is 40.3 Å². The number of nitrogens with one attached hydrogen (secondary N) is 2. The summed E-state index contributed by atoms with van der Waals surface area (Å²) in [5.74, 6) is 3.06. The maximum atomic E-state index is 14.3. The monoisotopic (exact) mass is 680 g/mol. The van der Waals surface area contributed by atoms with Gasteiger partial charge < -0.3 is 15.0 Å². The molecule has 7 heteroatoms. The van der Waals surface area contributed by atoms with Crippen molar-refractivity contribution in [3.63, 3.8) is 0 Å². The number of aryl methyl sites for hydroxylation is 1. The molecule has 50 heavy (non-hydrogen) atoms. The molecule has 7 atom stereocenters. The summed E-state index contributed by atoms with van der Waals surface area (Å²) in [5.41, 5.74) is 5.79. The predicted octanol–water partition coefficient (Wildman–Crippen LogP) is 9.28. The van der Waals surface area contributed by atoms with Gasteiger partial charge in [-0.15, -0.1) is 0 Å². The number of fused-ring (bicyclic) bond motifs is 5. The summed E-state index contributed by atoms with van der Waals surface area (Å²) >= 11 is 0. The number of carbonyl (C=O) groups is 3. The van der Waals surface area contributed by atoms with Crippen LogP contribution >= 0.6 is 0 Å². The number of unbranched alkanes of at least 4 members (excludes halogenated alkanes) is 1. The maximum Gasteiger partial charge on any atom is 0.220 e. The quantitative estimate of drug-likeness (QED) is 0.221. The number of aromatic nitrogens is 1. The van der Waals surface area contributed by atoms with E-state index in [4.69, 9.17) is 4.74 Å². The average Bonchev–Trinajstić information content (AvgIpc) is 3.58. The highest BCUT2D eigenvalue weighted by Gasteiger charge is 2.60. The van der Waals surface area contributed by atoms with E-state index in [1.807, 2.05) is 24.3 Å². The number of Topliss-reactive ketones (excluding diaryl/α,β-unsaturated/α-hetero) is 2. The van der Waals surface area contributed by atoms with Gasteiger partial charge in [0.1, 0.15) is 11.6 Å². The molecular formula is C43H53FN2O4. The number of rotatable bonds is 9. The van der Waals surface area contributed by atoms with Crippen molar-refractivity contribution in [1.82, 2.24) is 10.3 Å². The fourth-order valence-corrected chi connectivity index (χ4v) is 11.6. The first-order valence-electron chi connectivity index (χ1n) is 19.5. The third-order valence-electron chi connectivity index (χ3n) is 14.3. The molecule has 2 aromatic carbocycles. The van der Waals surface area contributed by atoms with Gasteiger partial charge in [0.25, 0.3) is 0 Å². The van der Waals surface area contributed by atoms with Crippen molar-refractivity contribution in [2.75, 3.05) is 6.61 Å². The van der Waals surface area contributed by atoms with Crippen molar-refractivity contribution in [2.24, 2.45) is 34.5 Å².